The Labute approximate surface area is 134 Å². The van der Waals surface area contributed by atoms with Crippen LogP contribution in [0.5, 0.6) is 0 Å². The fourth-order valence-corrected chi connectivity index (χ4v) is 3.88. The summed E-state index contributed by atoms with van der Waals surface area (Å²) in [6.07, 6.45) is 4.03. The third-order valence-corrected chi connectivity index (χ3v) is 5.12. The summed E-state index contributed by atoms with van der Waals surface area (Å²) >= 11 is 8.72. The molecule has 0 saturated carbocycles. The molecule has 2 aliphatic rings. The van der Waals surface area contributed by atoms with E-state index < -0.39 is 0 Å². The number of piperazine rings is 1. The molecule has 2 saturated heterocycles. The lowest BCUT2D eigenvalue weighted by Gasteiger charge is -2.45. The number of anilines is 1. The van der Waals surface area contributed by atoms with Crippen LogP contribution in [0.15, 0.2) is 22.7 Å². The van der Waals surface area contributed by atoms with Crippen LogP contribution in [-0.4, -0.2) is 42.1 Å². The molecule has 1 aromatic rings. The second-order valence-electron chi connectivity index (χ2n) is 5.66. The van der Waals surface area contributed by atoms with Crippen LogP contribution >= 0.6 is 28.1 Å². The van der Waals surface area contributed by atoms with Crippen LogP contribution in [0.25, 0.3) is 0 Å². The second-order valence-corrected chi connectivity index (χ2v) is 7.01. The zero-order valence-electron chi connectivity index (χ0n) is 11.5. The quantitative estimate of drug-likeness (QED) is 0.828. The van der Waals surface area contributed by atoms with Crippen molar-refractivity contribution in [3.8, 4) is 0 Å². The zero-order chi connectivity index (χ0) is 14.1. The number of fused-ring (bicyclic) bond motifs is 1. The molecule has 2 fully saturated rings. The van der Waals surface area contributed by atoms with Gasteiger partial charge in [-0.1, -0.05) is 34.6 Å². The van der Waals surface area contributed by atoms with Crippen molar-refractivity contribution in [2.75, 3.05) is 31.1 Å². The first-order valence-corrected chi connectivity index (χ1v) is 8.43. The first-order chi connectivity index (χ1) is 9.65. The number of rotatable bonds is 2. The van der Waals surface area contributed by atoms with Gasteiger partial charge in [0.15, 0.2) is 0 Å². The van der Waals surface area contributed by atoms with Crippen LogP contribution in [0.2, 0.25) is 0 Å². The van der Waals surface area contributed by atoms with Crippen LogP contribution in [0, 0.1) is 0 Å². The summed E-state index contributed by atoms with van der Waals surface area (Å²) in [7, 11) is 0. The van der Waals surface area contributed by atoms with Crippen LogP contribution in [0.1, 0.15) is 24.8 Å². The van der Waals surface area contributed by atoms with E-state index in [1.807, 2.05) is 6.07 Å². The normalized spacial score (nSPS) is 23.4. The van der Waals surface area contributed by atoms with Gasteiger partial charge in [-0.2, -0.15) is 0 Å². The average molecular weight is 354 g/mol. The summed E-state index contributed by atoms with van der Waals surface area (Å²) < 4.78 is 1.03. The number of nitrogens with two attached hydrogens (primary N) is 1. The molecule has 2 N–H and O–H groups in total. The van der Waals surface area contributed by atoms with Crippen molar-refractivity contribution in [3.05, 3.63) is 28.2 Å². The molecule has 0 amide bonds. The van der Waals surface area contributed by atoms with Gasteiger partial charge in [0.1, 0.15) is 4.99 Å². The lowest BCUT2D eigenvalue weighted by atomic mass is 9.98. The predicted molar refractivity (Wildman–Crippen MR) is 91.5 cm³/mol. The zero-order valence-corrected chi connectivity index (χ0v) is 13.9. The maximum Gasteiger partial charge on any atom is 0.106 e. The monoisotopic (exact) mass is 353 g/mol. The molecule has 0 spiro atoms. The lowest BCUT2D eigenvalue weighted by molar-refractivity contribution is 0.133. The van der Waals surface area contributed by atoms with Crippen LogP contribution in [0.3, 0.4) is 0 Å². The minimum absolute atomic E-state index is 0.479. The van der Waals surface area contributed by atoms with Crippen molar-refractivity contribution in [1.82, 2.24) is 4.90 Å². The van der Waals surface area contributed by atoms with Gasteiger partial charge in [-0.05, 0) is 37.6 Å². The largest absolute Gasteiger partial charge is 0.389 e. The van der Waals surface area contributed by atoms with Crippen molar-refractivity contribution in [2.24, 2.45) is 5.73 Å². The van der Waals surface area contributed by atoms with E-state index in [4.69, 9.17) is 18.0 Å². The summed E-state index contributed by atoms with van der Waals surface area (Å²) in [5.74, 6) is 0. The Balaban J connectivity index is 1.84. The lowest BCUT2D eigenvalue weighted by Crippen LogP contribution is -2.55. The molecule has 3 nitrogen and oxygen atoms in total. The summed E-state index contributed by atoms with van der Waals surface area (Å²) in [6.45, 7) is 4.57. The molecule has 1 aromatic carbocycles. The number of hydrogen-bond acceptors (Lipinski definition) is 3. The number of piperidine rings is 1. The molecular formula is C15H20BrN3S. The summed E-state index contributed by atoms with van der Waals surface area (Å²) in [5, 5.41) is 0. The molecule has 2 aliphatic heterocycles. The maximum absolute atomic E-state index is 5.90. The van der Waals surface area contributed by atoms with Crippen molar-refractivity contribution in [3.63, 3.8) is 0 Å². The molecule has 20 heavy (non-hydrogen) atoms. The molecule has 1 unspecified atom stereocenters. The van der Waals surface area contributed by atoms with Crippen LogP contribution in [0.4, 0.5) is 5.69 Å². The Bertz CT molecular complexity index is 520. The Morgan fingerprint density at radius 1 is 1.25 bits per heavy atom. The van der Waals surface area contributed by atoms with Gasteiger partial charge in [-0.15, -0.1) is 0 Å². The van der Waals surface area contributed by atoms with Gasteiger partial charge >= 0.3 is 0 Å². The molecule has 5 heteroatoms. The highest BCUT2D eigenvalue weighted by molar-refractivity contribution is 9.10. The number of hydrogen-bond donors (Lipinski definition) is 1. The fourth-order valence-electron chi connectivity index (χ4n) is 3.36. The highest BCUT2D eigenvalue weighted by Crippen LogP contribution is 2.29. The minimum Gasteiger partial charge on any atom is -0.389 e. The topological polar surface area (TPSA) is 32.5 Å². The number of halogens is 1. The Hall–Kier alpha value is -0.650. The first kappa shape index (κ1) is 14.3. The third-order valence-electron chi connectivity index (χ3n) is 4.40. The van der Waals surface area contributed by atoms with Crippen molar-refractivity contribution < 1.29 is 0 Å². The van der Waals surface area contributed by atoms with E-state index in [-0.39, 0.29) is 0 Å². The Kier molecular flexibility index (Phi) is 4.29. The van der Waals surface area contributed by atoms with Gasteiger partial charge in [0, 0.05) is 41.4 Å². The third kappa shape index (κ3) is 2.85. The van der Waals surface area contributed by atoms with E-state index in [0.29, 0.717) is 11.0 Å². The molecular weight excluding hydrogens is 334 g/mol. The predicted octanol–water partition coefficient (Wildman–Crippen LogP) is 2.76. The minimum atomic E-state index is 0.479. The summed E-state index contributed by atoms with van der Waals surface area (Å²) in [6, 6.07) is 6.94. The van der Waals surface area contributed by atoms with E-state index >= 15 is 0 Å². The molecule has 1 atom stereocenters. The molecule has 108 valence electrons. The smallest absolute Gasteiger partial charge is 0.106 e. The highest BCUT2D eigenvalue weighted by atomic mass is 79.9. The molecule has 3 rings (SSSR count). The van der Waals surface area contributed by atoms with Gasteiger partial charge in [-0.3, -0.25) is 4.90 Å². The van der Waals surface area contributed by atoms with E-state index in [2.05, 4.69) is 37.9 Å². The number of benzene rings is 1. The van der Waals surface area contributed by atoms with Gasteiger partial charge < -0.3 is 10.6 Å². The molecule has 2 heterocycles. The molecule has 0 aliphatic carbocycles. The summed E-state index contributed by atoms with van der Waals surface area (Å²) in [4.78, 5) is 5.57. The molecule has 0 radical (unpaired) electrons. The fraction of sp³-hybridized carbons (Fsp3) is 0.533. The average Bonchev–Trinajstić information content (AvgIpc) is 2.46. The summed E-state index contributed by atoms with van der Waals surface area (Å²) in [5.41, 5.74) is 8.07. The van der Waals surface area contributed by atoms with Gasteiger partial charge in [0.25, 0.3) is 0 Å². The van der Waals surface area contributed by atoms with Crippen LogP contribution in [-0.2, 0) is 0 Å². The second kappa shape index (κ2) is 6.00. The van der Waals surface area contributed by atoms with E-state index in [0.717, 1.165) is 29.7 Å². The highest BCUT2D eigenvalue weighted by Gasteiger charge is 2.29. The number of thiocarbonyl (C=S) groups is 1. The SMILES string of the molecule is NC(=S)c1cc(Br)ccc1N1CCN2CCCCC2C1. The number of nitrogens with zero attached hydrogens (tertiary/aromatic N) is 2. The standard InChI is InChI=1S/C15H20BrN3S/c16-11-4-5-14(13(9-11)15(17)20)19-8-7-18-6-2-1-3-12(18)10-19/h4-5,9,12H,1-3,6-8,10H2,(H2,17,20). The van der Waals surface area contributed by atoms with E-state index in [1.165, 1.54) is 31.5 Å². The Morgan fingerprint density at radius 2 is 2.10 bits per heavy atom. The van der Waals surface area contributed by atoms with E-state index in [9.17, 15) is 0 Å². The Morgan fingerprint density at radius 3 is 2.90 bits per heavy atom. The molecule has 0 bridgehead atoms. The first-order valence-electron chi connectivity index (χ1n) is 7.23. The van der Waals surface area contributed by atoms with Crippen LogP contribution < -0.4 is 10.6 Å². The van der Waals surface area contributed by atoms with E-state index in [1.54, 1.807) is 0 Å². The maximum atomic E-state index is 5.90. The van der Waals surface area contributed by atoms with Crippen molar-refractivity contribution in [1.29, 1.82) is 0 Å². The van der Waals surface area contributed by atoms with Crippen molar-refractivity contribution >= 4 is 38.8 Å². The van der Waals surface area contributed by atoms with Gasteiger partial charge in [0.05, 0.1) is 0 Å². The van der Waals surface area contributed by atoms with Gasteiger partial charge in [0.2, 0.25) is 0 Å². The van der Waals surface area contributed by atoms with Crippen molar-refractivity contribution in [2.45, 2.75) is 25.3 Å². The van der Waals surface area contributed by atoms with Gasteiger partial charge in [-0.25, -0.2) is 0 Å². The molecule has 0 aromatic heterocycles.